The Morgan fingerprint density at radius 1 is 1.05 bits per heavy atom. The Labute approximate surface area is 257 Å². The second-order valence-corrected chi connectivity index (χ2v) is 13.5. The van der Waals surface area contributed by atoms with Crippen molar-refractivity contribution in [1.82, 2.24) is 4.90 Å². The van der Waals surface area contributed by atoms with Crippen LogP contribution in [-0.4, -0.2) is 43.5 Å². The van der Waals surface area contributed by atoms with E-state index in [2.05, 4.69) is 56.0 Å². The number of piperidine rings is 1. The number of likely N-dealkylation sites (tertiary alicyclic amines) is 1. The summed E-state index contributed by atoms with van der Waals surface area (Å²) in [4.78, 5) is 14.5. The topological polar surface area (TPSA) is 29.5 Å². The third-order valence-corrected chi connectivity index (χ3v) is 11.3. The second-order valence-electron chi connectivity index (χ2n) is 13.5. The van der Waals surface area contributed by atoms with Crippen molar-refractivity contribution in [2.75, 3.05) is 32.8 Å². The number of Topliss-reactive ketones (excluding diaryl/α,β-unsaturated/α-hetero) is 1. The predicted molar refractivity (Wildman–Crippen MR) is 178 cm³/mol. The van der Waals surface area contributed by atoms with Gasteiger partial charge in [-0.05, 0) is 101 Å². The first kappa shape index (κ1) is 32.9. The molecule has 1 aromatic carbocycles. The SMILES string of the molecule is CC.CC.CCC1(CN2CCC(CC3CC4=CC=CC5CC45C(Cc4ccc(C(C)=O)cc4)=C(C)C3C)CC2)COC1. The Balaban J connectivity index is 0.000000972. The van der Waals surface area contributed by atoms with Gasteiger partial charge >= 0.3 is 0 Å². The predicted octanol–water partition coefficient (Wildman–Crippen LogP) is 9.49. The van der Waals surface area contributed by atoms with Crippen molar-refractivity contribution in [3.63, 3.8) is 0 Å². The lowest BCUT2D eigenvalue weighted by atomic mass is 9.76. The molecular weight excluding hydrogens is 514 g/mol. The number of carbonyl (C=O) groups excluding carboxylic acids is 1. The molecule has 1 saturated carbocycles. The zero-order chi connectivity index (χ0) is 30.5. The summed E-state index contributed by atoms with van der Waals surface area (Å²) in [5.74, 6) is 3.04. The van der Waals surface area contributed by atoms with Crippen molar-refractivity contribution in [1.29, 1.82) is 0 Å². The Morgan fingerprint density at radius 3 is 2.29 bits per heavy atom. The third kappa shape index (κ3) is 6.58. The summed E-state index contributed by atoms with van der Waals surface area (Å²) in [7, 11) is 0. The second kappa shape index (κ2) is 14.2. The number of carbonyl (C=O) groups is 1. The van der Waals surface area contributed by atoms with Gasteiger partial charge in [-0.2, -0.15) is 0 Å². The van der Waals surface area contributed by atoms with Crippen LogP contribution in [0.15, 0.2) is 59.2 Å². The molecule has 2 heterocycles. The normalized spacial score (nSPS) is 29.8. The number of benzene rings is 1. The highest BCUT2D eigenvalue weighted by Crippen LogP contribution is 2.68. The van der Waals surface area contributed by atoms with E-state index in [9.17, 15) is 4.79 Å². The molecule has 4 unspecified atom stereocenters. The number of hydrogen-bond acceptors (Lipinski definition) is 3. The third-order valence-electron chi connectivity index (χ3n) is 11.3. The van der Waals surface area contributed by atoms with Gasteiger partial charge in [-0.15, -0.1) is 0 Å². The number of hydrogen-bond donors (Lipinski definition) is 0. The minimum atomic E-state index is 0.147. The molecule has 0 radical (unpaired) electrons. The van der Waals surface area contributed by atoms with Crippen LogP contribution in [-0.2, 0) is 11.2 Å². The van der Waals surface area contributed by atoms with Crippen LogP contribution in [0.5, 0.6) is 0 Å². The quantitative estimate of drug-likeness (QED) is 0.229. The molecule has 3 fully saturated rings. The van der Waals surface area contributed by atoms with Gasteiger partial charge in [0.2, 0.25) is 0 Å². The van der Waals surface area contributed by atoms with Crippen LogP contribution in [0.2, 0.25) is 0 Å². The number of ketones is 1. The van der Waals surface area contributed by atoms with Crippen molar-refractivity contribution < 1.29 is 9.53 Å². The standard InChI is InChI=1S/C35H47NO2.2C2H6/c1-5-34(22-38-23-34)21-36-15-13-28(14-16-36)17-30-19-31-7-6-8-32-20-35(31,32)33(25(3)24(30)2)18-27-9-11-29(12-10-27)26(4)37;2*1-2/h6-12,24,28,30,32H,5,13-23H2,1-4H3;2*1-2H3. The monoisotopic (exact) mass is 573 g/mol. The van der Waals surface area contributed by atoms with Gasteiger partial charge in [0.1, 0.15) is 0 Å². The van der Waals surface area contributed by atoms with Crippen LogP contribution in [0.25, 0.3) is 0 Å². The molecular formula is C39H59NO2. The van der Waals surface area contributed by atoms with Crippen LogP contribution >= 0.6 is 0 Å². The first-order chi connectivity index (χ1) is 20.3. The first-order valence-corrected chi connectivity index (χ1v) is 17.3. The summed E-state index contributed by atoms with van der Waals surface area (Å²) in [6, 6.07) is 8.41. The summed E-state index contributed by atoms with van der Waals surface area (Å²) in [5.41, 5.74) is 7.91. The molecule has 2 aliphatic heterocycles. The van der Waals surface area contributed by atoms with E-state index in [1.54, 1.807) is 23.6 Å². The highest BCUT2D eigenvalue weighted by atomic mass is 16.5. The lowest BCUT2D eigenvalue weighted by Gasteiger charge is -2.46. The van der Waals surface area contributed by atoms with Crippen LogP contribution in [0, 0.1) is 34.5 Å². The molecule has 3 nitrogen and oxygen atoms in total. The maximum absolute atomic E-state index is 11.8. The van der Waals surface area contributed by atoms with E-state index in [0.717, 1.165) is 37.0 Å². The fraction of sp³-hybridized carbons (Fsp3) is 0.667. The van der Waals surface area contributed by atoms with E-state index >= 15 is 0 Å². The Morgan fingerprint density at radius 2 is 1.71 bits per heavy atom. The number of allylic oxidation sites excluding steroid dienone is 6. The van der Waals surface area contributed by atoms with Crippen molar-refractivity contribution >= 4 is 5.78 Å². The molecule has 6 rings (SSSR count). The van der Waals surface area contributed by atoms with Gasteiger partial charge < -0.3 is 9.64 Å². The summed E-state index contributed by atoms with van der Waals surface area (Å²) < 4.78 is 5.59. The van der Waals surface area contributed by atoms with Gasteiger partial charge in [0.05, 0.1) is 13.2 Å². The van der Waals surface area contributed by atoms with E-state index in [1.165, 1.54) is 63.7 Å². The largest absolute Gasteiger partial charge is 0.380 e. The van der Waals surface area contributed by atoms with Gasteiger partial charge in [0.15, 0.2) is 5.78 Å². The van der Waals surface area contributed by atoms with Crippen LogP contribution < -0.4 is 0 Å². The van der Waals surface area contributed by atoms with Crippen LogP contribution in [0.3, 0.4) is 0 Å². The molecule has 0 aromatic heterocycles. The average Bonchev–Trinajstić information content (AvgIpc) is 3.77. The Hall–Kier alpha value is -1.97. The van der Waals surface area contributed by atoms with Crippen molar-refractivity contribution in [2.24, 2.45) is 34.5 Å². The first-order valence-electron chi connectivity index (χ1n) is 17.3. The average molecular weight is 574 g/mol. The summed E-state index contributed by atoms with van der Waals surface area (Å²) >= 11 is 0. The van der Waals surface area contributed by atoms with Crippen molar-refractivity contribution in [3.8, 4) is 0 Å². The summed E-state index contributed by atoms with van der Waals surface area (Å²) in [6.07, 6.45) is 16.2. The minimum Gasteiger partial charge on any atom is -0.380 e. The highest BCUT2D eigenvalue weighted by Gasteiger charge is 2.59. The molecule has 0 amide bonds. The van der Waals surface area contributed by atoms with Crippen LogP contribution in [0.4, 0.5) is 0 Å². The zero-order valence-corrected chi connectivity index (χ0v) is 28.1. The fourth-order valence-corrected chi connectivity index (χ4v) is 8.30. The number of nitrogens with zero attached hydrogens (tertiary/aromatic N) is 1. The summed E-state index contributed by atoms with van der Waals surface area (Å²) in [5, 5.41) is 0. The van der Waals surface area contributed by atoms with Gasteiger partial charge in [0.25, 0.3) is 0 Å². The number of rotatable bonds is 8. The van der Waals surface area contributed by atoms with Crippen LogP contribution in [0.1, 0.15) is 110 Å². The molecule has 3 aliphatic carbocycles. The molecule has 42 heavy (non-hydrogen) atoms. The molecule has 1 spiro atoms. The van der Waals surface area contributed by atoms with Gasteiger partial charge in [0, 0.05) is 22.9 Å². The Kier molecular flexibility index (Phi) is 11.1. The summed E-state index contributed by atoms with van der Waals surface area (Å²) in [6.45, 7) is 22.7. The van der Waals surface area contributed by atoms with Crippen molar-refractivity contribution in [2.45, 2.75) is 100 Å². The molecule has 1 aromatic rings. The van der Waals surface area contributed by atoms with Gasteiger partial charge in [-0.1, -0.05) is 101 Å². The highest BCUT2D eigenvalue weighted by molar-refractivity contribution is 5.94. The van der Waals surface area contributed by atoms with E-state index in [1.807, 2.05) is 39.8 Å². The van der Waals surface area contributed by atoms with E-state index < -0.39 is 0 Å². The molecule has 4 atom stereocenters. The molecule has 2 saturated heterocycles. The molecule has 0 bridgehead atoms. The zero-order valence-electron chi connectivity index (χ0n) is 28.1. The minimum absolute atomic E-state index is 0.147. The maximum atomic E-state index is 11.8. The Bertz CT molecular complexity index is 1140. The lowest BCUT2D eigenvalue weighted by molar-refractivity contribution is -0.130. The molecule has 5 aliphatic rings. The fourth-order valence-electron chi connectivity index (χ4n) is 8.30. The van der Waals surface area contributed by atoms with E-state index in [-0.39, 0.29) is 11.2 Å². The van der Waals surface area contributed by atoms with Gasteiger partial charge in [-0.25, -0.2) is 0 Å². The maximum Gasteiger partial charge on any atom is 0.159 e. The smallest absolute Gasteiger partial charge is 0.159 e. The van der Waals surface area contributed by atoms with Gasteiger partial charge in [-0.3, -0.25) is 4.79 Å². The lowest BCUT2D eigenvalue weighted by Crippen LogP contribution is -2.52. The molecule has 232 valence electrons. The van der Waals surface area contributed by atoms with E-state index in [0.29, 0.717) is 17.3 Å². The number of ether oxygens (including phenoxy) is 1. The molecule has 3 heteroatoms. The molecule has 0 N–H and O–H groups in total. The van der Waals surface area contributed by atoms with Crippen molar-refractivity contribution in [3.05, 3.63) is 70.3 Å². The van der Waals surface area contributed by atoms with E-state index in [4.69, 9.17) is 4.74 Å².